The van der Waals surface area contributed by atoms with Gasteiger partial charge in [0.2, 0.25) is 35.5 Å². The van der Waals surface area contributed by atoms with E-state index >= 15 is 0 Å². The Kier molecular flexibility index (Phi) is 49.2. The van der Waals surface area contributed by atoms with E-state index in [1.807, 2.05) is 51.1 Å². The quantitative estimate of drug-likeness (QED) is 0.0280. The zero-order valence-electron chi connectivity index (χ0n) is 71.7. The number of benzene rings is 1. The van der Waals surface area contributed by atoms with E-state index in [4.69, 9.17) is 75.8 Å². The largest absolute Gasteiger partial charge is 0.475 e. The molecule has 6 heterocycles. The van der Waals surface area contributed by atoms with Gasteiger partial charge in [0.05, 0.1) is 136 Å². The van der Waals surface area contributed by atoms with Gasteiger partial charge in [-0.3, -0.25) is 0 Å². The van der Waals surface area contributed by atoms with Crippen molar-refractivity contribution in [3.05, 3.63) is 72.7 Å². The van der Waals surface area contributed by atoms with Gasteiger partial charge in [-0.25, -0.2) is 34.1 Å². The molecule has 0 bridgehead atoms. The molecule has 42 heteroatoms. The van der Waals surface area contributed by atoms with Crippen LogP contribution in [0.4, 0.5) is 37.0 Å². The summed E-state index contributed by atoms with van der Waals surface area (Å²) in [6.07, 6.45) is 0.0830. The van der Waals surface area contributed by atoms with Crippen molar-refractivity contribution < 1.29 is 126 Å². The lowest BCUT2D eigenvalue weighted by atomic mass is 9.83. The number of nitrogens with zero attached hydrogens (tertiary/aromatic N) is 6. The second kappa shape index (κ2) is 59.5. The van der Waals surface area contributed by atoms with Crippen LogP contribution in [0.1, 0.15) is 103 Å². The molecule has 15 atom stereocenters. The van der Waals surface area contributed by atoms with Gasteiger partial charge in [-0.05, 0) is 63.4 Å². The van der Waals surface area contributed by atoms with Crippen LogP contribution in [-0.2, 0) is 68.2 Å². The Hall–Kier alpha value is -8.38. The zero-order valence-corrected chi connectivity index (χ0v) is 71.7. The highest BCUT2D eigenvalue weighted by Gasteiger charge is 2.47. The van der Waals surface area contributed by atoms with Gasteiger partial charge >= 0.3 is 24.2 Å². The predicted molar refractivity (Wildman–Crippen MR) is 447 cm³/mol. The second-order valence-electron chi connectivity index (χ2n) is 29.5. The van der Waals surface area contributed by atoms with E-state index in [9.17, 15) is 49.8 Å². The number of aliphatic hydroxyl groups excluding tert-OH is 6. The average molecular weight is 1750 g/mol. The maximum atomic E-state index is 13.8. The summed E-state index contributed by atoms with van der Waals surface area (Å²) in [6.45, 7) is 10.9. The van der Waals surface area contributed by atoms with Crippen molar-refractivity contribution in [2.45, 2.75) is 201 Å². The molecule has 0 spiro atoms. The summed E-state index contributed by atoms with van der Waals surface area (Å²) in [5, 5.41) is 94.6. The molecule has 16 N–H and O–H groups in total. The van der Waals surface area contributed by atoms with E-state index in [0.717, 1.165) is 24.8 Å². The van der Waals surface area contributed by atoms with Crippen LogP contribution in [0.15, 0.2) is 67.1 Å². The van der Waals surface area contributed by atoms with Crippen LogP contribution < -0.4 is 67.4 Å². The van der Waals surface area contributed by atoms with Crippen molar-refractivity contribution in [1.82, 2.24) is 67.1 Å². The summed E-state index contributed by atoms with van der Waals surface area (Å²) in [5.41, 5.74) is -0.169. The zero-order chi connectivity index (χ0) is 88.1. The Morgan fingerprint density at radius 3 is 0.992 bits per heavy atom. The second-order valence-corrected chi connectivity index (χ2v) is 29.5. The number of hydrogen-bond donors (Lipinski definition) is 16. The highest BCUT2D eigenvalue weighted by atomic mass is 16.6. The standard InChI is InChI=1S/C81H134N16O26/c1-7-16-56-65(71(101)68(98)59(121-56)52-108-4)94-74-82-30-21-62(91-74)117-48-45-114-42-39-111-36-33-88-77(104)85-27-13-24-81(97-80(107)120-51-55-19-11-10-12-20-55,25-14-28-86-78(105)89-34-37-112-40-43-115-46-49-118-63-22-31-83-75(92-63)95-66-57(17-8-2)122-60(53-109-5)69(99)72(66)102)26-15-29-87-79(106)90-35-38-113-41-44-116-47-50-119-64-23-32-84-76(93-64)96-67-58(18-9-3)123-61(54-110-6)70(100)73(67)103/h10-12,19-23,30-32,56-61,65-73,98-103H,7-9,13-18,24-29,33-54H2,1-6H3,(H,97,107)(H,82,91,94)(H,83,92,95)(H,84,93,96)(H2,85,88,104)(H2,86,89,105)(H2,87,90,106)/t56-,57-,58-,59-,60-,61-,65+,66+,67+,68+,69+,70+,71-,72-,73-/m1/s1. The lowest BCUT2D eigenvalue weighted by Gasteiger charge is -2.43. The number of urea groups is 3. The first-order chi connectivity index (χ1) is 59.9. The Morgan fingerprint density at radius 1 is 0.382 bits per heavy atom. The molecule has 0 aliphatic carbocycles. The molecule has 42 nitrogen and oxygen atoms in total. The summed E-state index contributed by atoms with van der Waals surface area (Å²) in [7, 11) is 4.51. The third-order valence-corrected chi connectivity index (χ3v) is 20.1. The first-order valence-corrected chi connectivity index (χ1v) is 42.6. The molecule has 3 fully saturated rings. The van der Waals surface area contributed by atoms with Crippen molar-refractivity contribution in [2.24, 2.45) is 0 Å². The molecule has 123 heavy (non-hydrogen) atoms. The van der Waals surface area contributed by atoms with E-state index in [-0.39, 0.29) is 200 Å². The van der Waals surface area contributed by atoms with Crippen LogP contribution in [0.2, 0.25) is 0 Å². The monoisotopic (exact) mass is 1750 g/mol. The van der Waals surface area contributed by atoms with E-state index in [2.05, 4.69) is 83.1 Å². The maximum absolute atomic E-state index is 13.8. The fourth-order valence-corrected chi connectivity index (χ4v) is 14.0. The van der Waals surface area contributed by atoms with Gasteiger partial charge < -0.3 is 160 Å². The summed E-state index contributed by atoms with van der Waals surface area (Å²) >= 11 is 0. The van der Waals surface area contributed by atoms with Crippen LogP contribution in [0.25, 0.3) is 0 Å². The molecule has 0 radical (unpaired) electrons. The molecule has 3 aliphatic heterocycles. The van der Waals surface area contributed by atoms with Gasteiger partial charge in [-0.2, -0.15) is 15.0 Å². The number of hydrogen-bond acceptors (Lipinski definition) is 35. The third-order valence-electron chi connectivity index (χ3n) is 20.1. The lowest BCUT2D eigenvalue weighted by Crippen LogP contribution is -2.61. The SMILES string of the molecule is CCC[C@H]1O[C@H](COC)[C@H](O)[C@H](O)[C@H]1Nc1nccc(OCCOCCOCCNC(=O)NCCCC(CCCNC(=O)NCCOCCOCCOc2ccnc(N[C@@H]3[C@@H](O)[C@@H](O)[C@@H](COC)O[C@@H]3CCC)n2)(CCCNC(=O)NCCOCCOCCOc2ccnc(N[C@@H]3[C@@H](O)[C@@H](O)[C@@H](COC)O[C@@H]3CCC)n2)NC(=O)OCc2ccccc2)n1. The number of anilines is 3. The molecule has 3 aliphatic rings. The number of alkyl carbamates (subject to hydrolysis) is 1. The predicted octanol–water partition coefficient (Wildman–Crippen LogP) is 1.74. The van der Waals surface area contributed by atoms with E-state index < -0.39 is 121 Å². The molecule has 0 unspecified atom stereocenters. The number of carbonyl (C=O) groups excluding carboxylic acids is 4. The number of carbonyl (C=O) groups is 4. The summed E-state index contributed by atoms with van der Waals surface area (Å²) in [5.74, 6) is 1.40. The van der Waals surface area contributed by atoms with Crippen molar-refractivity contribution >= 4 is 42.0 Å². The Labute approximate surface area is 719 Å². The van der Waals surface area contributed by atoms with Gasteiger partial charge in [0.1, 0.15) is 81.4 Å². The number of nitrogens with one attached hydrogen (secondary N) is 10. The highest BCUT2D eigenvalue weighted by Crippen LogP contribution is 2.32. The summed E-state index contributed by atoms with van der Waals surface area (Å²) in [4.78, 5) is 79.1. The fourth-order valence-electron chi connectivity index (χ4n) is 14.0. The van der Waals surface area contributed by atoms with Crippen molar-refractivity contribution in [3.63, 3.8) is 0 Å². The summed E-state index contributed by atoms with van der Waals surface area (Å²) in [6, 6.07) is 10.7. The Morgan fingerprint density at radius 2 is 0.683 bits per heavy atom. The van der Waals surface area contributed by atoms with Crippen molar-refractivity contribution in [3.8, 4) is 17.6 Å². The maximum Gasteiger partial charge on any atom is 0.407 e. The van der Waals surface area contributed by atoms with E-state index in [1.165, 1.54) is 39.9 Å². The van der Waals surface area contributed by atoms with E-state index in [1.54, 1.807) is 18.2 Å². The molecule has 7 rings (SSSR count). The fraction of sp³-hybridized carbons (Fsp3) is 0.728. The molecule has 1 aromatic carbocycles. The number of amides is 7. The Bertz CT molecular complexity index is 3210. The van der Waals surface area contributed by atoms with Gasteiger partial charge in [0.25, 0.3) is 0 Å². The number of rotatable bonds is 63. The first-order valence-electron chi connectivity index (χ1n) is 42.6. The van der Waals surface area contributed by atoms with Crippen molar-refractivity contribution in [1.29, 1.82) is 0 Å². The number of aromatic nitrogens is 6. The van der Waals surface area contributed by atoms with Gasteiger partial charge in [0, 0.05) is 103 Å². The molecule has 0 saturated carbocycles. The number of ether oxygens (including phenoxy) is 16. The van der Waals surface area contributed by atoms with Crippen LogP contribution in [0.5, 0.6) is 17.6 Å². The molecule has 4 aromatic rings. The van der Waals surface area contributed by atoms with E-state index in [0.29, 0.717) is 57.8 Å². The van der Waals surface area contributed by atoms with Crippen LogP contribution >= 0.6 is 0 Å². The molecule has 3 saturated heterocycles. The van der Waals surface area contributed by atoms with Gasteiger partial charge in [-0.15, -0.1) is 0 Å². The molecular weight excluding hydrogens is 1610 g/mol. The normalized spacial score (nSPS) is 22.6. The lowest BCUT2D eigenvalue weighted by molar-refractivity contribution is -0.189. The third kappa shape index (κ3) is 38.2. The smallest absolute Gasteiger partial charge is 0.407 e. The van der Waals surface area contributed by atoms with Crippen LogP contribution in [-0.4, -0.2) is 361 Å². The minimum absolute atomic E-state index is 0.000322. The van der Waals surface area contributed by atoms with Gasteiger partial charge in [0.15, 0.2) is 0 Å². The summed E-state index contributed by atoms with van der Waals surface area (Å²) < 4.78 is 91.0. The average Bonchev–Trinajstić information content (AvgIpc) is 0.809. The van der Waals surface area contributed by atoms with Crippen LogP contribution in [0, 0.1) is 0 Å². The molecule has 3 aromatic heterocycles. The van der Waals surface area contributed by atoms with Gasteiger partial charge in [-0.1, -0.05) is 70.4 Å². The molecule has 694 valence electrons. The highest BCUT2D eigenvalue weighted by molar-refractivity contribution is 5.74. The topological polar surface area (TPSA) is 535 Å². The first kappa shape index (κ1) is 102. The number of methoxy groups -OCH3 is 3. The Balaban J connectivity index is 0.813. The molecular formula is C81H134N16O26. The van der Waals surface area contributed by atoms with Crippen LogP contribution in [0.3, 0.4) is 0 Å². The molecule has 7 amide bonds. The number of aliphatic hydroxyl groups is 6. The minimum atomic E-state index is -1.18. The minimum Gasteiger partial charge on any atom is -0.475 e. The van der Waals surface area contributed by atoms with Crippen molar-refractivity contribution in [2.75, 3.05) is 195 Å².